The molecular weight excluding hydrogens is 472 g/mol. The number of aliphatic carboxylic acids is 2. The first-order valence-corrected chi connectivity index (χ1v) is 10.5. The van der Waals surface area contributed by atoms with Gasteiger partial charge in [0.1, 0.15) is 24.2 Å². The van der Waals surface area contributed by atoms with Crippen LogP contribution in [0.1, 0.15) is 45.4 Å². The van der Waals surface area contributed by atoms with E-state index in [4.69, 9.17) is 22.3 Å². The second-order valence-corrected chi connectivity index (χ2v) is 7.73. The Kier molecular flexibility index (Phi) is 13.5. The summed E-state index contributed by atoms with van der Waals surface area (Å²) in [6, 6.07) is -6.00. The Morgan fingerprint density at radius 2 is 1.06 bits per heavy atom. The maximum atomic E-state index is 12.8. The second kappa shape index (κ2) is 15.2. The molecule has 0 spiro atoms. The third kappa shape index (κ3) is 12.9. The van der Waals surface area contributed by atoms with Crippen LogP contribution in [0.5, 0.6) is 0 Å². The van der Waals surface area contributed by atoms with E-state index < -0.39 is 84.6 Å². The van der Waals surface area contributed by atoms with Gasteiger partial charge in [-0.05, 0) is 26.2 Å². The first-order chi connectivity index (χ1) is 16.1. The molecule has 0 aromatic rings. The normalized spacial score (nSPS) is 14.9. The van der Waals surface area contributed by atoms with Crippen molar-refractivity contribution in [1.29, 1.82) is 0 Å². The number of carboxylic acids is 2. The fourth-order valence-corrected chi connectivity index (χ4v) is 2.67. The topological polar surface area (TPSA) is 294 Å². The number of nitrogens with one attached hydrogen (secondary N) is 3. The van der Waals surface area contributed by atoms with Crippen LogP contribution in [0.4, 0.5) is 0 Å². The highest BCUT2D eigenvalue weighted by atomic mass is 16.4. The van der Waals surface area contributed by atoms with Crippen molar-refractivity contribution in [1.82, 2.24) is 16.0 Å². The van der Waals surface area contributed by atoms with Crippen LogP contribution in [0, 0.1) is 0 Å². The van der Waals surface area contributed by atoms with Crippen molar-refractivity contribution >= 4 is 41.5 Å². The molecule has 0 aromatic carbocycles. The average Bonchev–Trinajstić information content (AvgIpc) is 2.74. The molecule has 0 fully saturated rings. The lowest BCUT2D eigenvalue weighted by atomic mass is 10.1. The van der Waals surface area contributed by atoms with Crippen molar-refractivity contribution < 1.29 is 48.9 Å². The van der Waals surface area contributed by atoms with Crippen molar-refractivity contribution in [2.24, 2.45) is 17.2 Å². The van der Waals surface area contributed by atoms with Gasteiger partial charge in [-0.1, -0.05) is 0 Å². The van der Waals surface area contributed by atoms with Crippen LogP contribution < -0.4 is 33.2 Å². The summed E-state index contributed by atoms with van der Waals surface area (Å²) in [6.45, 7) is 1.23. The highest BCUT2D eigenvalue weighted by Crippen LogP contribution is 2.06. The molecule has 5 atom stereocenters. The van der Waals surface area contributed by atoms with Gasteiger partial charge in [-0.2, -0.15) is 0 Å². The van der Waals surface area contributed by atoms with Crippen molar-refractivity contribution in [2.75, 3.05) is 0 Å². The number of hydrogen-bond donors (Lipinski definition) is 9. The summed E-state index contributed by atoms with van der Waals surface area (Å²) in [4.78, 5) is 82.1. The minimum atomic E-state index is -1.56. The van der Waals surface area contributed by atoms with Gasteiger partial charge in [-0.25, -0.2) is 4.79 Å². The molecule has 5 amide bonds. The third-order valence-corrected chi connectivity index (χ3v) is 4.71. The Morgan fingerprint density at radius 1 is 0.686 bits per heavy atom. The number of nitrogens with two attached hydrogens (primary N) is 3. The molecule has 0 heterocycles. The van der Waals surface area contributed by atoms with Crippen LogP contribution in [-0.4, -0.2) is 87.1 Å². The molecule has 0 aliphatic rings. The first-order valence-electron chi connectivity index (χ1n) is 10.5. The van der Waals surface area contributed by atoms with E-state index in [1.54, 1.807) is 0 Å². The summed E-state index contributed by atoms with van der Waals surface area (Å²) in [5.74, 6) is -7.48. The monoisotopic (exact) mass is 504 g/mol. The largest absolute Gasteiger partial charge is 0.481 e. The molecule has 0 bridgehead atoms. The van der Waals surface area contributed by atoms with Gasteiger partial charge in [-0.3, -0.25) is 28.8 Å². The molecule has 0 aromatic heterocycles. The standard InChI is InChI=1S/C19H32N6O10/c1-8(26)15(22)18(33)24-9(2-5-12(20)27)16(31)23-10(4-7-14(29)30)17(32)25-11(19(34)35)3-6-13(21)28/h8-11,15,26H,2-7,22H2,1H3,(H2,20,27)(H2,21,28)(H,23,31)(H,24,33)(H,25,32)(H,29,30)(H,34,35). The van der Waals surface area contributed by atoms with Crippen LogP contribution in [0.2, 0.25) is 0 Å². The Hall–Kier alpha value is -3.79. The zero-order chi connectivity index (χ0) is 27.3. The van der Waals surface area contributed by atoms with E-state index in [1.165, 1.54) is 6.92 Å². The van der Waals surface area contributed by atoms with Gasteiger partial charge in [0.15, 0.2) is 0 Å². The maximum absolute atomic E-state index is 12.8. The number of primary amides is 2. The van der Waals surface area contributed by atoms with E-state index in [2.05, 4.69) is 16.0 Å². The lowest BCUT2D eigenvalue weighted by Gasteiger charge is -2.25. The molecule has 0 saturated carbocycles. The van der Waals surface area contributed by atoms with Gasteiger partial charge in [0.05, 0.1) is 6.10 Å². The van der Waals surface area contributed by atoms with E-state index in [-0.39, 0.29) is 25.7 Å². The Balaban J connectivity index is 5.65. The van der Waals surface area contributed by atoms with Crippen LogP contribution in [0.25, 0.3) is 0 Å². The summed E-state index contributed by atoms with van der Waals surface area (Å²) in [6.07, 6.45) is -3.73. The number of aliphatic hydroxyl groups excluding tert-OH is 1. The summed E-state index contributed by atoms with van der Waals surface area (Å²) in [5.41, 5.74) is 15.6. The molecule has 35 heavy (non-hydrogen) atoms. The fraction of sp³-hybridized carbons (Fsp3) is 0.632. The molecule has 16 nitrogen and oxygen atoms in total. The summed E-state index contributed by atoms with van der Waals surface area (Å²) in [7, 11) is 0. The smallest absolute Gasteiger partial charge is 0.326 e. The molecule has 0 radical (unpaired) electrons. The van der Waals surface area contributed by atoms with Crippen molar-refractivity contribution in [3.05, 3.63) is 0 Å². The Bertz CT molecular complexity index is 818. The van der Waals surface area contributed by atoms with Gasteiger partial charge < -0.3 is 48.5 Å². The van der Waals surface area contributed by atoms with Gasteiger partial charge in [0.2, 0.25) is 29.5 Å². The minimum Gasteiger partial charge on any atom is -0.481 e. The number of hydrogen-bond acceptors (Lipinski definition) is 9. The Labute approximate surface area is 199 Å². The summed E-state index contributed by atoms with van der Waals surface area (Å²) < 4.78 is 0. The molecule has 12 N–H and O–H groups in total. The predicted octanol–water partition coefficient (Wildman–Crippen LogP) is -4.37. The number of amides is 5. The quantitative estimate of drug-likeness (QED) is 0.0911. The molecule has 5 unspecified atom stereocenters. The van der Waals surface area contributed by atoms with Gasteiger partial charge in [0.25, 0.3) is 0 Å². The third-order valence-electron chi connectivity index (χ3n) is 4.71. The van der Waals surface area contributed by atoms with Gasteiger partial charge >= 0.3 is 11.9 Å². The van der Waals surface area contributed by atoms with Gasteiger partial charge in [-0.15, -0.1) is 0 Å². The van der Waals surface area contributed by atoms with Crippen molar-refractivity contribution in [3.63, 3.8) is 0 Å². The average molecular weight is 504 g/mol. The number of aliphatic hydroxyl groups is 1. The van der Waals surface area contributed by atoms with E-state index in [9.17, 15) is 43.8 Å². The molecule has 16 heteroatoms. The molecule has 0 saturated heterocycles. The summed E-state index contributed by atoms with van der Waals surface area (Å²) in [5, 5.41) is 34.2. The maximum Gasteiger partial charge on any atom is 0.326 e. The lowest BCUT2D eigenvalue weighted by Crippen LogP contribution is -2.58. The Morgan fingerprint density at radius 3 is 1.43 bits per heavy atom. The van der Waals surface area contributed by atoms with Crippen LogP contribution in [0.3, 0.4) is 0 Å². The van der Waals surface area contributed by atoms with Crippen molar-refractivity contribution in [3.8, 4) is 0 Å². The van der Waals surface area contributed by atoms with E-state index in [1.807, 2.05) is 0 Å². The SMILES string of the molecule is CC(O)C(N)C(=O)NC(CCC(N)=O)C(=O)NC(CCC(=O)O)C(=O)NC(CCC(N)=O)C(=O)O. The van der Waals surface area contributed by atoms with Crippen LogP contribution >= 0.6 is 0 Å². The number of rotatable bonds is 17. The fourth-order valence-electron chi connectivity index (χ4n) is 2.67. The highest BCUT2D eigenvalue weighted by Gasteiger charge is 2.31. The molecule has 0 aliphatic heterocycles. The summed E-state index contributed by atoms with van der Waals surface area (Å²) >= 11 is 0. The highest BCUT2D eigenvalue weighted by molar-refractivity contribution is 5.94. The molecule has 0 aliphatic carbocycles. The first kappa shape index (κ1) is 31.2. The van der Waals surface area contributed by atoms with E-state index in [0.717, 1.165) is 0 Å². The van der Waals surface area contributed by atoms with E-state index in [0.29, 0.717) is 0 Å². The lowest BCUT2D eigenvalue weighted by molar-refractivity contribution is -0.143. The number of carbonyl (C=O) groups excluding carboxylic acids is 5. The van der Waals surface area contributed by atoms with Crippen LogP contribution in [-0.2, 0) is 33.6 Å². The zero-order valence-corrected chi connectivity index (χ0v) is 19.1. The van der Waals surface area contributed by atoms with Crippen LogP contribution in [0.15, 0.2) is 0 Å². The zero-order valence-electron chi connectivity index (χ0n) is 19.1. The number of carbonyl (C=O) groups is 7. The van der Waals surface area contributed by atoms with E-state index >= 15 is 0 Å². The molecule has 0 rings (SSSR count). The minimum absolute atomic E-state index is 0.316. The second-order valence-electron chi connectivity index (χ2n) is 7.73. The molecular formula is C19H32N6O10. The van der Waals surface area contributed by atoms with Crippen molar-refractivity contribution in [2.45, 2.75) is 75.7 Å². The molecule has 198 valence electrons. The predicted molar refractivity (Wildman–Crippen MR) is 117 cm³/mol. The number of carboxylic acid groups (broad SMARTS) is 2. The van der Waals surface area contributed by atoms with Gasteiger partial charge in [0, 0.05) is 19.3 Å².